The maximum atomic E-state index is 12.0. The second-order valence-corrected chi connectivity index (χ2v) is 5.17. The number of hydrogen-bond acceptors (Lipinski definition) is 3. The Morgan fingerprint density at radius 1 is 1.35 bits per heavy atom. The Morgan fingerprint density at radius 2 is 2.00 bits per heavy atom. The third-order valence-corrected chi connectivity index (χ3v) is 3.14. The molecule has 0 heterocycles. The monoisotopic (exact) mass is 244 g/mol. The topological polar surface area (TPSA) is 55.6 Å². The maximum absolute atomic E-state index is 12.0. The molecule has 0 aliphatic rings. The molecule has 0 spiro atoms. The lowest BCUT2D eigenvalue weighted by molar-refractivity contribution is -0.132. The smallest absolute Gasteiger partial charge is 0.222 e. The Labute approximate surface area is 105 Å². The zero-order valence-electron chi connectivity index (χ0n) is 11.8. The van der Waals surface area contributed by atoms with E-state index in [1.807, 2.05) is 11.8 Å². The molecule has 4 heteroatoms. The minimum Gasteiger partial charge on any atom is -0.383 e. The van der Waals surface area contributed by atoms with E-state index < -0.39 is 0 Å². The van der Waals surface area contributed by atoms with Crippen molar-refractivity contribution in [3.63, 3.8) is 0 Å². The van der Waals surface area contributed by atoms with E-state index in [4.69, 9.17) is 10.5 Å². The van der Waals surface area contributed by atoms with Gasteiger partial charge in [-0.2, -0.15) is 0 Å². The second-order valence-electron chi connectivity index (χ2n) is 5.17. The van der Waals surface area contributed by atoms with Crippen LogP contribution in [0.4, 0.5) is 0 Å². The molecular formula is C13H28N2O2. The lowest BCUT2D eigenvalue weighted by Crippen LogP contribution is -2.34. The number of ether oxygens (including phenoxy) is 1. The van der Waals surface area contributed by atoms with E-state index in [1.165, 1.54) is 0 Å². The summed E-state index contributed by atoms with van der Waals surface area (Å²) in [5.74, 6) is 0.217. The molecule has 17 heavy (non-hydrogen) atoms. The highest BCUT2D eigenvalue weighted by Crippen LogP contribution is 2.26. The van der Waals surface area contributed by atoms with Crippen LogP contribution in [0.5, 0.6) is 0 Å². The Hall–Kier alpha value is -0.610. The third-order valence-electron chi connectivity index (χ3n) is 3.14. The van der Waals surface area contributed by atoms with Crippen LogP contribution >= 0.6 is 0 Å². The average Bonchev–Trinajstić information content (AvgIpc) is 2.27. The molecule has 0 rings (SSSR count). The fourth-order valence-corrected chi connectivity index (χ4v) is 1.78. The summed E-state index contributed by atoms with van der Waals surface area (Å²) in [6, 6.07) is 0. The molecule has 0 radical (unpaired) electrons. The molecule has 0 unspecified atom stereocenters. The number of hydrogen-bond donors (Lipinski definition) is 1. The van der Waals surface area contributed by atoms with Crippen molar-refractivity contribution in [1.29, 1.82) is 0 Å². The highest BCUT2D eigenvalue weighted by molar-refractivity contribution is 5.76. The van der Waals surface area contributed by atoms with Crippen molar-refractivity contribution in [2.24, 2.45) is 11.1 Å². The van der Waals surface area contributed by atoms with Crippen molar-refractivity contribution in [3.05, 3.63) is 0 Å². The van der Waals surface area contributed by atoms with Gasteiger partial charge in [0.25, 0.3) is 0 Å². The van der Waals surface area contributed by atoms with E-state index in [0.29, 0.717) is 26.1 Å². The van der Waals surface area contributed by atoms with E-state index in [2.05, 4.69) is 13.8 Å². The normalized spacial score (nSPS) is 11.6. The van der Waals surface area contributed by atoms with Crippen LogP contribution in [0.2, 0.25) is 0 Å². The molecule has 0 aromatic carbocycles. The number of rotatable bonds is 9. The molecule has 0 aliphatic carbocycles. The summed E-state index contributed by atoms with van der Waals surface area (Å²) in [7, 11) is 1.66. The van der Waals surface area contributed by atoms with Crippen LogP contribution in [0.25, 0.3) is 0 Å². The van der Waals surface area contributed by atoms with Crippen LogP contribution in [-0.2, 0) is 9.53 Å². The standard InChI is InChI=1S/C13H28N2O2/c1-5-15(10-11-17-4)12(16)6-7-13(2,3)8-9-14/h5-11,14H2,1-4H3. The Kier molecular flexibility index (Phi) is 8.17. The van der Waals surface area contributed by atoms with Gasteiger partial charge in [-0.05, 0) is 31.7 Å². The number of nitrogens with two attached hydrogens (primary N) is 1. The van der Waals surface area contributed by atoms with Crippen LogP contribution in [0.15, 0.2) is 0 Å². The van der Waals surface area contributed by atoms with Gasteiger partial charge in [0, 0.05) is 26.6 Å². The van der Waals surface area contributed by atoms with Crippen LogP contribution in [0, 0.1) is 5.41 Å². The molecule has 4 nitrogen and oxygen atoms in total. The van der Waals surface area contributed by atoms with Crippen molar-refractivity contribution in [2.75, 3.05) is 33.4 Å². The van der Waals surface area contributed by atoms with Gasteiger partial charge in [0.1, 0.15) is 0 Å². The van der Waals surface area contributed by atoms with Gasteiger partial charge >= 0.3 is 0 Å². The van der Waals surface area contributed by atoms with E-state index in [9.17, 15) is 4.79 Å². The summed E-state index contributed by atoms with van der Waals surface area (Å²) in [6.45, 7) is 9.05. The van der Waals surface area contributed by atoms with Gasteiger partial charge in [0.15, 0.2) is 0 Å². The second kappa shape index (κ2) is 8.48. The summed E-state index contributed by atoms with van der Waals surface area (Å²) in [5.41, 5.74) is 5.72. The molecule has 0 saturated heterocycles. The Morgan fingerprint density at radius 3 is 2.47 bits per heavy atom. The predicted molar refractivity (Wildman–Crippen MR) is 70.8 cm³/mol. The summed E-state index contributed by atoms with van der Waals surface area (Å²) in [6.07, 6.45) is 2.46. The summed E-state index contributed by atoms with van der Waals surface area (Å²) >= 11 is 0. The van der Waals surface area contributed by atoms with Crippen molar-refractivity contribution in [1.82, 2.24) is 4.90 Å². The molecule has 102 valence electrons. The van der Waals surface area contributed by atoms with Gasteiger partial charge in [0.2, 0.25) is 5.91 Å². The molecule has 0 bridgehead atoms. The zero-order chi connectivity index (χ0) is 13.3. The predicted octanol–water partition coefficient (Wildman–Crippen LogP) is 1.64. The zero-order valence-corrected chi connectivity index (χ0v) is 11.8. The maximum Gasteiger partial charge on any atom is 0.222 e. The van der Waals surface area contributed by atoms with Gasteiger partial charge in [-0.15, -0.1) is 0 Å². The number of carbonyl (C=O) groups is 1. The molecule has 0 fully saturated rings. The Balaban J connectivity index is 4.05. The molecule has 0 aromatic rings. The molecule has 0 aromatic heterocycles. The first-order valence-electron chi connectivity index (χ1n) is 6.43. The number of methoxy groups -OCH3 is 1. The first-order chi connectivity index (χ1) is 7.96. The van der Waals surface area contributed by atoms with Crippen LogP contribution in [0.1, 0.15) is 40.0 Å². The average molecular weight is 244 g/mol. The molecule has 0 aliphatic heterocycles. The highest BCUT2D eigenvalue weighted by atomic mass is 16.5. The first kappa shape index (κ1) is 16.4. The number of likely N-dealkylation sites (N-methyl/N-ethyl adjacent to an activating group) is 1. The van der Waals surface area contributed by atoms with Gasteiger partial charge in [-0.3, -0.25) is 4.79 Å². The molecular weight excluding hydrogens is 216 g/mol. The van der Waals surface area contributed by atoms with E-state index in [0.717, 1.165) is 19.4 Å². The van der Waals surface area contributed by atoms with Crippen LogP contribution in [0.3, 0.4) is 0 Å². The summed E-state index contributed by atoms with van der Waals surface area (Å²) in [5, 5.41) is 0. The molecule has 0 saturated carbocycles. The van der Waals surface area contributed by atoms with Crippen molar-refractivity contribution in [3.8, 4) is 0 Å². The summed E-state index contributed by atoms with van der Waals surface area (Å²) in [4.78, 5) is 13.8. The van der Waals surface area contributed by atoms with Crippen molar-refractivity contribution < 1.29 is 9.53 Å². The molecule has 1 amide bonds. The molecule has 0 atom stereocenters. The van der Waals surface area contributed by atoms with Crippen LogP contribution in [-0.4, -0.2) is 44.2 Å². The number of nitrogens with zero attached hydrogens (tertiary/aromatic N) is 1. The lowest BCUT2D eigenvalue weighted by atomic mass is 9.84. The Bertz CT molecular complexity index is 217. The fraction of sp³-hybridized carbons (Fsp3) is 0.923. The van der Waals surface area contributed by atoms with Crippen molar-refractivity contribution in [2.45, 2.75) is 40.0 Å². The number of carbonyl (C=O) groups excluding carboxylic acids is 1. The third kappa shape index (κ3) is 7.34. The minimum atomic E-state index is 0.158. The van der Waals surface area contributed by atoms with Crippen molar-refractivity contribution >= 4 is 5.91 Å². The number of amides is 1. The first-order valence-corrected chi connectivity index (χ1v) is 6.43. The van der Waals surface area contributed by atoms with E-state index in [-0.39, 0.29) is 11.3 Å². The summed E-state index contributed by atoms with van der Waals surface area (Å²) < 4.78 is 5.00. The largest absolute Gasteiger partial charge is 0.383 e. The van der Waals surface area contributed by atoms with Gasteiger partial charge in [0.05, 0.1) is 6.61 Å². The van der Waals surface area contributed by atoms with Gasteiger partial charge < -0.3 is 15.4 Å². The van der Waals surface area contributed by atoms with E-state index in [1.54, 1.807) is 7.11 Å². The molecule has 2 N–H and O–H groups in total. The minimum absolute atomic E-state index is 0.158. The quantitative estimate of drug-likeness (QED) is 0.671. The van der Waals surface area contributed by atoms with Crippen LogP contribution < -0.4 is 5.73 Å². The lowest BCUT2D eigenvalue weighted by Gasteiger charge is -2.26. The SMILES string of the molecule is CCN(CCOC)C(=O)CCC(C)(C)CCN. The highest BCUT2D eigenvalue weighted by Gasteiger charge is 2.20. The van der Waals surface area contributed by atoms with E-state index >= 15 is 0 Å². The van der Waals surface area contributed by atoms with Gasteiger partial charge in [-0.25, -0.2) is 0 Å². The fourth-order valence-electron chi connectivity index (χ4n) is 1.78. The van der Waals surface area contributed by atoms with Gasteiger partial charge in [-0.1, -0.05) is 13.8 Å².